The van der Waals surface area contributed by atoms with E-state index in [4.69, 9.17) is 34.1 Å². The van der Waals surface area contributed by atoms with Gasteiger partial charge in [-0.15, -0.1) is 0 Å². The van der Waals surface area contributed by atoms with Crippen LogP contribution in [0.2, 0.25) is 10.0 Å². The second-order valence-electron chi connectivity index (χ2n) is 3.70. The molecule has 94 valence electrons. The zero-order valence-corrected chi connectivity index (χ0v) is 11.0. The van der Waals surface area contributed by atoms with Crippen molar-refractivity contribution in [2.24, 2.45) is 10.9 Å². The Hall–Kier alpha value is -1.13. The highest BCUT2D eigenvalue weighted by atomic mass is 35.5. The quantitative estimate of drug-likeness (QED) is 0.254. The minimum absolute atomic E-state index is 0.222. The van der Waals surface area contributed by atoms with Crippen molar-refractivity contribution in [3.05, 3.63) is 27.7 Å². The molecule has 1 rings (SSSR count). The minimum atomic E-state index is 0.222. The van der Waals surface area contributed by atoms with Crippen molar-refractivity contribution in [1.82, 2.24) is 0 Å². The Kier molecular flexibility index (Phi) is 5.38. The maximum Gasteiger partial charge on any atom is 0.139 e. The van der Waals surface area contributed by atoms with Gasteiger partial charge in [-0.3, -0.25) is 0 Å². The number of amidine groups is 1. The molecule has 17 heavy (non-hydrogen) atoms. The third kappa shape index (κ3) is 4.32. The molecule has 0 spiro atoms. The van der Waals surface area contributed by atoms with Crippen molar-refractivity contribution in [2.75, 3.05) is 11.9 Å². The van der Waals surface area contributed by atoms with E-state index in [-0.39, 0.29) is 5.84 Å². The lowest BCUT2D eigenvalue weighted by molar-refractivity contribution is 0.316. The number of aryl methyl sites for hydroxylation is 1. The summed E-state index contributed by atoms with van der Waals surface area (Å²) in [7, 11) is 0. The molecule has 0 aliphatic carbocycles. The van der Waals surface area contributed by atoms with Crippen LogP contribution < -0.4 is 11.1 Å². The number of nitrogens with two attached hydrogens (primary N) is 1. The second kappa shape index (κ2) is 6.57. The molecule has 0 bridgehead atoms. The highest BCUT2D eigenvalue weighted by Crippen LogP contribution is 2.28. The first-order valence-electron chi connectivity index (χ1n) is 5.20. The molecule has 1 aromatic rings. The average Bonchev–Trinajstić information content (AvgIpc) is 2.30. The minimum Gasteiger partial charge on any atom is -0.409 e. The van der Waals surface area contributed by atoms with Gasteiger partial charge in [0, 0.05) is 18.0 Å². The Balaban J connectivity index is 2.50. The molecule has 0 aliphatic heterocycles. The van der Waals surface area contributed by atoms with E-state index in [9.17, 15) is 0 Å². The first-order valence-corrected chi connectivity index (χ1v) is 5.96. The Labute approximate surface area is 110 Å². The summed E-state index contributed by atoms with van der Waals surface area (Å²) in [5.74, 6) is 0.222. The van der Waals surface area contributed by atoms with Gasteiger partial charge in [-0.2, -0.15) is 0 Å². The smallest absolute Gasteiger partial charge is 0.139 e. The van der Waals surface area contributed by atoms with Crippen molar-refractivity contribution < 1.29 is 5.21 Å². The van der Waals surface area contributed by atoms with Crippen LogP contribution in [0.3, 0.4) is 0 Å². The first-order chi connectivity index (χ1) is 8.04. The topological polar surface area (TPSA) is 70.6 Å². The number of halogens is 2. The predicted molar refractivity (Wildman–Crippen MR) is 72.3 cm³/mol. The molecule has 0 saturated carbocycles. The van der Waals surface area contributed by atoms with Gasteiger partial charge in [0.15, 0.2) is 0 Å². The summed E-state index contributed by atoms with van der Waals surface area (Å²) in [5.41, 5.74) is 7.09. The van der Waals surface area contributed by atoms with E-state index in [1.807, 2.05) is 13.0 Å². The van der Waals surface area contributed by atoms with E-state index in [1.165, 1.54) is 0 Å². The van der Waals surface area contributed by atoms with Crippen LogP contribution in [0.25, 0.3) is 0 Å². The molecule has 0 saturated heterocycles. The predicted octanol–water partition coefficient (Wildman–Crippen LogP) is 3.24. The number of rotatable bonds is 5. The third-order valence-electron chi connectivity index (χ3n) is 2.30. The zero-order valence-electron chi connectivity index (χ0n) is 9.50. The van der Waals surface area contributed by atoms with Crippen LogP contribution in [0, 0.1) is 6.92 Å². The summed E-state index contributed by atoms with van der Waals surface area (Å²) in [6, 6.07) is 3.61. The number of hydrogen-bond acceptors (Lipinski definition) is 3. The number of anilines is 1. The summed E-state index contributed by atoms with van der Waals surface area (Å²) in [5, 5.41) is 15.7. The van der Waals surface area contributed by atoms with Gasteiger partial charge in [0.25, 0.3) is 0 Å². The fourth-order valence-corrected chi connectivity index (χ4v) is 1.77. The van der Waals surface area contributed by atoms with Crippen molar-refractivity contribution in [3.8, 4) is 0 Å². The van der Waals surface area contributed by atoms with Crippen LogP contribution >= 0.6 is 23.2 Å². The number of nitrogens with zero attached hydrogens (tertiary/aromatic N) is 1. The van der Waals surface area contributed by atoms with Crippen LogP contribution in [-0.2, 0) is 0 Å². The van der Waals surface area contributed by atoms with Crippen LogP contribution in [-0.4, -0.2) is 17.6 Å². The molecule has 4 nitrogen and oxygen atoms in total. The van der Waals surface area contributed by atoms with Crippen molar-refractivity contribution in [3.63, 3.8) is 0 Å². The van der Waals surface area contributed by atoms with Crippen LogP contribution in [0.15, 0.2) is 17.3 Å². The van der Waals surface area contributed by atoms with E-state index < -0.39 is 0 Å². The zero-order chi connectivity index (χ0) is 12.8. The standard InChI is InChI=1S/C11H15Cl2N3O/c1-7-5-9(13)10(6-8(7)12)15-4-2-3-11(14)16-17/h5-6,15,17H,2-4H2,1H3,(H2,14,16). The van der Waals surface area contributed by atoms with Gasteiger partial charge in [-0.25, -0.2) is 0 Å². The lowest BCUT2D eigenvalue weighted by atomic mass is 10.2. The van der Waals surface area contributed by atoms with Crippen molar-refractivity contribution >= 4 is 34.7 Å². The van der Waals surface area contributed by atoms with Crippen LogP contribution in [0.1, 0.15) is 18.4 Å². The van der Waals surface area contributed by atoms with E-state index in [1.54, 1.807) is 6.07 Å². The maximum absolute atomic E-state index is 8.37. The van der Waals surface area contributed by atoms with Crippen molar-refractivity contribution in [1.29, 1.82) is 0 Å². The van der Waals surface area contributed by atoms with Gasteiger partial charge in [0.05, 0.1) is 10.7 Å². The molecule has 0 heterocycles. The Morgan fingerprint density at radius 3 is 2.76 bits per heavy atom. The van der Waals surface area contributed by atoms with Gasteiger partial charge in [0.1, 0.15) is 5.84 Å². The largest absolute Gasteiger partial charge is 0.409 e. The molecule has 0 atom stereocenters. The van der Waals surface area contributed by atoms with Gasteiger partial charge in [-0.1, -0.05) is 28.4 Å². The van der Waals surface area contributed by atoms with Gasteiger partial charge in [-0.05, 0) is 31.0 Å². The van der Waals surface area contributed by atoms with E-state index >= 15 is 0 Å². The molecule has 0 aromatic heterocycles. The molecule has 6 heteroatoms. The van der Waals surface area contributed by atoms with Gasteiger partial charge in [0.2, 0.25) is 0 Å². The molecule has 0 amide bonds. The molecule has 4 N–H and O–H groups in total. The summed E-state index contributed by atoms with van der Waals surface area (Å²) in [6.45, 7) is 2.58. The molecular formula is C11H15Cl2N3O. The number of oxime groups is 1. The monoisotopic (exact) mass is 275 g/mol. The summed E-state index contributed by atoms with van der Waals surface area (Å²) in [4.78, 5) is 0. The van der Waals surface area contributed by atoms with Crippen molar-refractivity contribution in [2.45, 2.75) is 19.8 Å². The lowest BCUT2D eigenvalue weighted by Gasteiger charge is -2.10. The lowest BCUT2D eigenvalue weighted by Crippen LogP contribution is -2.13. The average molecular weight is 276 g/mol. The van der Waals surface area contributed by atoms with Crippen LogP contribution in [0.4, 0.5) is 5.69 Å². The number of hydrogen-bond donors (Lipinski definition) is 3. The molecule has 0 fully saturated rings. The normalized spacial score (nSPS) is 11.6. The van der Waals surface area contributed by atoms with Gasteiger partial charge >= 0.3 is 0 Å². The first kappa shape index (κ1) is 13.9. The maximum atomic E-state index is 8.37. The van der Waals surface area contributed by atoms with E-state index in [2.05, 4.69) is 10.5 Å². The van der Waals surface area contributed by atoms with Gasteiger partial charge < -0.3 is 16.3 Å². The number of benzene rings is 1. The Morgan fingerprint density at radius 2 is 2.12 bits per heavy atom. The summed E-state index contributed by atoms with van der Waals surface area (Å²) in [6.07, 6.45) is 1.28. The second-order valence-corrected chi connectivity index (χ2v) is 4.52. The SMILES string of the molecule is Cc1cc(Cl)c(NCCC/C(N)=N/O)cc1Cl. The molecule has 0 unspecified atom stereocenters. The molecule has 1 aromatic carbocycles. The number of nitrogens with one attached hydrogen (secondary N) is 1. The fraction of sp³-hybridized carbons (Fsp3) is 0.364. The summed E-state index contributed by atoms with van der Waals surface area (Å²) >= 11 is 12.1. The van der Waals surface area contributed by atoms with Crippen LogP contribution in [0.5, 0.6) is 0 Å². The molecular weight excluding hydrogens is 261 g/mol. The highest BCUT2D eigenvalue weighted by molar-refractivity contribution is 6.35. The fourth-order valence-electron chi connectivity index (χ4n) is 1.32. The Morgan fingerprint density at radius 1 is 1.41 bits per heavy atom. The Bertz CT molecular complexity index is 421. The van der Waals surface area contributed by atoms with E-state index in [0.717, 1.165) is 17.7 Å². The van der Waals surface area contributed by atoms with E-state index in [0.29, 0.717) is 23.0 Å². The summed E-state index contributed by atoms with van der Waals surface area (Å²) < 4.78 is 0. The highest BCUT2D eigenvalue weighted by Gasteiger charge is 2.04. The molecule has 0 radical (unpaired) electrons. The molecule has 0 aliphatic rings. The third-order valence-corrected chi connectivity index (χ3v) is 3.02.